The molecule has 0 spiro atoms. The van der Waals surface area contributed by atoms with Crippen LogP contribution in [0.5, 0.6) is 0 Å². The van der Waals surface area contributed by atoms with Crippen LogP contribution in [0.4, 0.5) is 0 Å². The van der Waals surface area contributed by atoms with Crippen molar-refractivity contribution in [1.29, 1.82) is 0 Å². The number of hydrogen-bond donors (Lipinski definition) is 1. The number of hydrogen-bond acceptors (Lipinski definition) is 2. The number of benzene rings is 1. The molecular weight excluding hydrogens is 272 g/mol. The summed E-state index contributed by atoms with van der Waals surface area (Å²) in [5, 5.41) is 3.27. The molecule has 1 aliphatic carbocycles. The average Bonchev–Trinajstić information content (AvgIpc) is 2.99. The minimum atomic E-state index is 0.215. The van der Waals surface area contributed by atoms with Gasteiger partial charge in [0.05, 0.1) is 6.54 Å². The van der Waals surface area contributed by atoms with E-state index >= 15 is 0 Å². The third-order valence-corrected chi connectivity index (χ3v) is 5.37. The van der Waals surface area contributed by atoms with Crippen LogP contribution in [0.2, 0.25) is 0 Å². The molecule has 1 amide bonds. The quantitative estimate of drug-likeness (QED) is 0.926. The maximum atomic E-state index is 12.3. The monoisotopic (exact) mass is 300 g/mol. The number of likely N-dealkylation sites (tertiary alicyclic amines) is 1. The molecule has 0 aromatic heterocycles. The lowest BCUT2D eigenvalue weighted by Gasteiger charge is -2.30. The molecule has 1 saturated heterocycles. The van der Waals surface area contributed by atoms with Crippen LogP contribution >= 0.6 is 0 Å². The van der Waals surface area contributed by atoms with E-state index in [1.165, 1.54) is 24.8 Å². The van der Waals surface area contributed by atoms with Gasteiger partial charge >= 0.3 is 0 Å². The lowest BCUT2D eigenvalue weighted by molar-refractivity contribution is -0.123. The predicted molar refractivity (Wildman–Crippen MR) is 89.8 cm³/mol. The first-order valence-electron chi connectivity index (χ1n) is 8.79. The normalized spacial score (nSPS) is 29.4. The van der Waals surface area contributed by atoms with Gasteiger partial charge in [-0.2, -0.15) is 0 Å². The molecule has 1 aliphatic heterocycles. The first kappa shape index (κ1) is 15.5. The van der Waals surface area contributed by atoms with Crippen molar-refractivity contribution in [3.63, 3.8) is 0 Å². The van der Waals surface area contributed by atoms with Crippen molar-refractivity contribution in [2.24, 2.45) is 5.92 Å². The maximum absolute atomic E-state index is 12.3. The second-order valence-corrected chi connectivity index (χ2v) is 7.07. The summed E-state index contributed by atoms with van der Waals surface area (Å²) < 4.78 is 0. The van der Waals surface area contributed by atoms with E-state index in [1.807, 2.05) is 0 Å². The minimum Gasteiger partial charge on any atom is -0.352 e. The zero-order valence-electron chi connectivity index (χ0n) is 13.6. The standard InChI is InChI=1S/C19H28N2O/c1-15-7-5-6-10-18(15)20-19(22)14-21-12-11-17(13-21)16-8-3-2-4-9-16/h2-4,8-9,15,17-18H,5-7,10-14H2,1H3,(H,20,22)/t15-,17+,18+/m1/s1. The maximum Gasteiger partial charge on any atom is 0.234 e. The van der Waals surface area contributed by atoms with E-state index in [4.69, 9.17) is 0 Å². The van der Waals surface area contributed by atoms with Gasteiger partial charge in [0, 0.05) is 12.6 Å². The fraction of sp³-hybridized carbons (Fsp3) is 0.632. The molecule has 0 radical (unpaired) electrons. The zero-order chi connectivity index (χ0) is 15.4. The molecule has 1 N–H and O–H groups in total. The molecule has 1 aromatic carbocycles. The van der Waals surface area contributed by atoms with Gasteiger partial charge in [-0.25, -0.2) is 0 Å². The summed E-state index contributed by atoms with van der Waals surface area (Å²) in [6, 6.07) is 11.1. The number of amides is 1. The van der Waals surface area contributed by atoms with Gasteiger partial charge < -0.3 is 5.32 Å². The Bertz CT molecular complexity index is 487. The van der Waals surface area contributed by atoms with Crippen molar-refractivity contribution in [3.05, 3.63) is 35.9 Å². The molecule has 1 aromatic rings. The van der Waals surface area contributed by atoms with Crippen molar-refractivity contribution < 1.29 is 4.79 Å². The Morgan fingerprint density at radius 3 is 2.73 bits per heavy atom. The molecule has 2 aliphatic rings. The van der Waals surface area contributed by atoms with Crippen LogP contribution in [0.1, 0.15) is 50.5 Å². The molecule has 2 fully saturated rings. The third-order valence-electron chi connectivity index (χ3n) is 5.37. The van der Waals surface area contributed by atoms with Crippen LogP contribution in [0.15, 0.2) is 30.3 Å². The molecule has 0 bridgehead atoms. The zero-order valence-corrected chi connectivity index (χ0v) is 13.6. The first-order chi connectivity index (χ1) is 10.7. The SMILES string of the molecule is C[C@@H]1CCCC[C@@H]1NC(=O)CN1CC[C@H](c2ccccc2)C1. The molecule has 1 heterocycles. The summed E-state index contributed by atoms with van der Waals surface area (Å²) in [5.74, 6) is 1.43. The topological polar surface area (TPSA) is 32.3 Å². The summed E-state index contributed by atoms with van der Waals surface area (Å²) in [6.45, 7) is 4.88. The lowest BCUT2D eigenvalue weighted by Crippen LogP contribution is -2.45. The second kappa shape index (κ2) is 7.28. The van der Waals surface area contributed by atoms with Gasteiger partial charge in [-0.05, 0) is 43.2 Å². The van der Waals surface area contributed by atoms with E-state index in [-0.39, 0.29) is 5.91 Å². The van der Waals surface area contributed by atoms with Crippen molar-refractivity contribution in [2.75, 3.05) is 19.6 Å². The Hall–Kier alpha value is -1.35. The second-order valence-electron chi connectivity index (χ2n) is 7.07. The summed E-state index contributed by atoms with van der Waals surface area (Å²) in [6.07, 6.45) is 6.15. The van der Waals surface area contributed by atoms with E-state index in [0.717, 1.165) is 25.9 Å². The molecule has 3 atom stereocenters. The minimum absolute atomic E-state index is 0.215. The highest BCUT2D eigenvalue weighted by Crippen LogP contribution is 2.27. The third kappa shape index (κ3) is 3.89. The van der Waals surface area contributed by atoms with E-state index in [1.54, 1.807) is 0 Å². The Morgan fingerprint density at radius 2 is 1.95 bits per heavy atom. The average molecular weight is 300 g/mol. The summed E-state index contributed by atoms with van der Waals surface area (Å²) >= 11 is 0. The summed E-state index contributed by atoms with van der Waals surface area (Å²) in [5.41, 5.74) is 1.41. The van der Waals surface area contributed by atoms with Crippen molar-refractivity contribution >= 4 is 5.91 Å². The Kier molecular flexibility index (Phi) is 5.14. The molecule has 1 saturated carbocycles. The Balaban J connectivity index is 1.46. The van der Waals surface area contributed by atoms with Gasteiger partial charge in [0.1, 0.15) is 0 Å². The van der Waals surface area contributed by atoms with E-state index in [2.05, 4.69) is 47.5 Å². The molecule has 0 unspecified atom stereocenters. The molecule has 3 heteroatoms. The van der Waals surface area contributed by atoms with Crippen LogP contribution in [0, 0.1) is 5.92 Å². The van der Waals surface area contributed by atoms with Crippen LogP contribution < -0.4 is 5.32 Å². The van der Waals surface area contributed by atoms with Crippen LogP contribution in [-0.4, -0.2) is 36.5 Å². The largest absolute Gasteiger partial charge is 0.352 e. The van der Waals surface area contributed by atoms with E-state index < -0.39 is 0 Å². The molecule has 3 rings (SSSR count). The number of nitrogens with zero attached hydrogens (tertiary/aromatic N) is 1. The van der Waals surface area contributed by atoms with Crippen molar-refractivity contribution in [1.82, 2.24) is 10.2 Å². The highest BCUT2D eigenvalue weighted by atomic mass is 16.2. The van der Waals surface area contributed by atoms with Crippen LogP contribution in [0.3, 0.4) is 0 Å². The fourth-order valence-corrected chi connectivity index (χ4v) is 3.96. The van der Waals surface area contributed by atoms with Crippen molar-refractivity contribution in [2.45, 2.75) is 51.0 Å². The number of nitrogens with one attached hydrogen (secondary N) is 1. The van der Waals surface area contributed by atoms with E-state index in [9.17, 15) is 4.79 Å². The molecular formula is C19H28N2O. The Morgan fingerprint density at radius 1 is 1.18 bits per heavy atom. The highest BCUT2D eigenvalue weighted by molar-refractivity contribution is 5.78. The molecule has 22 heavy (non-hydrogen) atoms. The van der Waals surface area contributed by atoms with Gasteiger partial charge in [0.15, 0.2) is 0 Å². The van der Waals surface area contributed by atoms with Gasteiger partial charge in [-0.1, -0.05) is 50.1 Å². The summed E-state index contributed by atoms with van der Waals surface area (Å²) in [4.78, 5) is 14.6. The van der Waals surface area contributed by atoms with Gasteiger partial charge in [-0.3, -0.25) is 9.69 Å². The number of rotatable bonds is 4. The van der Waals surface area contributed by atoms with E-state index in [0.29, 0.717) is 24.4 Å². The molecule has 3 nitrogen and oxygen atoms in total. The summed E-state index contributed by atoms with van der Waals surface area (Å²) in [7, 11) is 0. The number of carbonyl (C=O) groups excluding carboxylic acids is 1. The van der Waals surface area contributed by atoms with Crippen LogP contribution in [-0.2, 0) is 4.79 Å². The lowest BCUT2D eigenvalue weighted by atomic mass is 9.86. The molecule has 120 valence electrons. The van der Waals surface area contributed by atoms with Gasteiger partial charge in [0.2, 0.25) is 5.91 Å². The Labute approximate surface area is 134 Å². The highest BCUT2D eigenvalue weighted by Gasteiger charge is 2.27. The fourth-order valence-electron chi connectivity index (χ4n) is 3.96. The smallest absolute Gasteiger partial charge is 0.234 e. The van der Waals surface area contributed by atoms with Crippen LogP contribution in [0.25, 0.3) is 0 Å². The predicted octanol–water partition coefficient (Wildman–Crippen LogP) is 3.17. The van der Waals surface area contributed by atoms with Crippen molar-refractivity contribution in [3.8, 4) is 0 Å². The van der Waals surface area contributed by atoms with Gasteiger partial charge in [0.25, 0.3) is 0 Å². The van der Waals surface area contributed by atoms with Gasteiger partial charge in [-0.15, -0.1) is 0 Å². The number of carbonyl (C=O) groups is 1. The first-order valence-corrected chi connectivity index (χ1v) is 8.79.